The number of para-hydroxylation sites is 2. The Hall–Kier alpha value is -3.38. The van der Waals surface area contributed by atoms with Gasteiger partial charge in [0, 0.05) is 52.5 Å². The maximum Gasteiger partial charge on any atom is 0.237 e. The van der Waals surface area contributed by atoms with Crippen LogP contribution in [0.4, 0.5) is 5.69 Å². The van der Waals surface area contributed by atoms with Crippen LogP contribution in [-0.4, -0.2) is 35.0 Å². The minimum atomic E-state index is -0.179. The molecule has 6 nitrogen and oxygen atoms in total. The standard InChI is InChI=1S/C32H39N5O/c1-21-30-25(22-12-4-7-15-26(22)37-30)20-29(35-21)32(38)34-19-11-3-2-10-18-33-31-23-13-5-8-16-27(23)36-28-17-9-6-14-24(28)31/h4-5,7-8,12-13,15-16,21,29,35,37H,2-3,6,9-11,14,17-20H2,1H3,(H,33,36)(H,34,38)/t21?,29-/m0/s1. The maximum atomic E-state index is 12.9. The molecule has 4 N–H and O–H groups in total. The van der Waals surface area contributed by atoms with Crippen LogP contribution in [-0.2, 0) is 24.1 Å². The molecule has 2 aromatic heterocycles. The lowest BCUT2D eigenvalue weighted by molar-refractivity contribution is -0.123. The van der Waals surface area contributed by atoms with Gasteiger partial charge in [0.05, 0.1) is 11.6 Å². The van der Waals surface area contributed by atoms with Gasteiger partial charge in [-0.1, -0.05) is 49.2 Å². The zero-order chi connectivity index (χ0) is 25.9. The highest BCUT2D eigenvalue weighted by Crippen LogP contribution is 2.34. The number of rotatable bonds is 9. The summed E-state index contributed by atoms with van der Waals surface area (Å²) in [6.07, 6.45) is 9.88. The second-order valence-corrected chi connectivity index (χ2v) is 11.0. The van der Waals surface area contributed by atoms with E-state index in [2.05, 4.69) is 76.4 Å². The number of hydrogen-bond donors (Lipinski definition) is 4. The highest BCUT2D eigenvalue weighted by atomic mass is 16.2. The lowest BCUT2D eigenvalue weighted by Crippen LogP contribution is -2.49. The van der Waals surface area contributed by atoms with Crippen LogP contribution in [0, 0.1) is 0 Å². The third-order valence-electron chi connectivity index (χ3n) is 8.33. The molecule has 1 unspecified atom stereocenters. The Morgan fingerprint density at radius 2 is 1.68 bits per heavy atom. The molecule has 0 spiro atoms. The molecule has 0 bridgehead atoms. The summed E-state index contributed by atoms with van der Waals surface area (Å²) in [5, 5.41) is 12.9. The lowest BCUT2D eigenvalue weighted by Gasteiger charge is -2.28. The van der Waals surface area contributed by atoms with Crippen molar-refractivity contribution in [3.05, 3.63) is 71.0 Å². The van der Waals surface area contributed by atoms with Crippen LogP contribution in [0.3, 0.4) is 0 Å². The summed E-state index contributed by atoms with van der Waals surface area (Å²) in [6, 6.07) is 16.9. The number of aryl methyl sites for hydroxylation is 1. The molecule has 2 atom stereocenters. The number of aromatic nitrogens is 2. The van der Waals surface area contributed by atoms with Crippen LogP contribution >= 0.6 is 0 Å². The van der Waals surface area contributed by atoms with E-state index in [4.69, 9.17) is 4.98 Å². The van der Waals surface area contributed by atoms with Gasteiger partial charge < -0.3 is 15.6 Å². The fraction of sp³-hybridized carbons (Fsp3) is 0.438. The molecule has 1 aliphatic carbocycles. The maximum absolute atomic E-state index is 12.9. The normalized spacial score (nSPS) is 18.8. The Morgan fingerprint density at radius 3 is 2.58 bits per heavy atom. The molecule has 0 saturated carbocycles. The average molecular weight is 510 g/mol. The minimum absolute atomic E-state index is 0.115. The number of hydrogen-bond acceptors (Lipinski definition) is 4. The van der Waals surface area contributed by atoms with Gasteiger partial charge in [-0.15, -0.1) is 0 Å². The first-order valence-corrected chi connectivity index (χ1v) is 14.5. The molecular formula is C32H39N5O. The summed E-state index contributed by atoms with van der Waals surface area (Å²) in [5.74, 6) is 0.115. The Bertz CT molecular complexity index is 1440. The van der Waals surface area contributed by atoms with E-state index in [9.17, 15) is 4.79 Å². The van der Waals surface area contributed by atoms with E-state index in [1.165, 1.54) is 51.8 Å². The first-order chi connectivity index (χ1) is 18.7. The van der Waals surface area contributed by atoms with Crippen molar-refractivity contribution in [2.24, 2.45) is 0 Å². The van der Waals surface area contributed by atoms with E-state index < -0.39 is 0 Å². The Balaban J connectivity index is 0.946. The second-order valence-electron chi connectivity index (χ2n) is 11.0. The molecule has 1 aliphatic heterocycles. The van der Waals surface area contributed by atoms with Crippen LogP contribution < -0.4 is 16.0 Å². The van der Waals surface area contributed by atoms with Crippen LogP contribution in [0.5, 0.6) is 0 Å². The topological polar surface area (TPSA) is 81.8 Å². The molecule has 2 aliphatic rings. The molecule has 0 fully saturated rings. The number of fused-ring (bicyclic) bond motifs is 5. The number of nitrogens with zero attached hydrogens (tertiary/aromatic N) is 1. The predicted molar refractivity (Wildman–Crippen MR) is 156 cm³/mol. The fourth-order valence-electron chi connectivity index (χ4n) is 6.35. The molecule has 0 radical (unpaired) electrons. The van der Waals surface area contributed by atoms with Gasteiger partial charge in [0.2, 0.25) is 5.91 Å². The molecule has 4 aromatic rings. The quantitative estimate of drug-likeness (QED) is 0.210. The van der Waals surface area contributed by atoms with Crippen molar-refractivity contribution in [2.45, 2.75) is 76.8 Å². The van der Waals surface area contributed by atoms with Crippen molar-refractivity contribution in [1.29, 1.82) is 0 Å². The highest BCUT2D eigenvalue weighted by Gasteiger charge is 2.30. The van der Waals surface area contributed by atoms with Gasteiger partial charge in [0.25, 0.3) is 0 Å². The molecule has 0 saturated heterocycles. The van der Waals surface area contributed by atoms with E-state index in [-0.39, 0.29) is 18.0 Å². The van der Waals surface area contributed by atoms with E-state index in [0.717, 1.165) is 69.1 Å². The van der Waals surface area contributed by atoms with Gasteiger partial charge in [-0.05, 0) is 75.1 Å². The molecule has 3 heterocycles. The summed E-state index contributed by atoms with van der Waals surface area (Å²) >= 11 is 0. The fourth-order valence-corrected chi connectivity index (χ4v) is 6.35. The lowest BCUT2D eigenvalue weighted by atomic mass is 9.92. The summed E-state index contributed by atoms with van der Waals surface area (Å²) < 4.78 is 0. The number of nitrogens with one attached hydrogen (secondary N) is 4. The number of H-pyrrole nitrogens is 1. The zero-order valence-corrected chi connectivity index (χ0v) is 22.4. The molecule has 2 aromatic carbocycles. The van der Waals surface area contributed by atoms with Gasteiger partial charge in [-0.2, -0.15) is 0 Å². The van der Waals surface area contributed by atoms with Crippen LogP contribution in [0.1, 0.15) is 74.0 Å². The van der Waals surface area contributed by atoms with Crippen molar-refractivity contribution in [3.63, 3.8) is 0 Å². The number of unbranched alkanes of at least 4 members (excludes halogenated alkanes) is 3. The third-order valence-corrected chi connectivity index (χ3v) is 8.33. The highest BCUT2D eigenvalue weighted by molar-refractivity contribution is 5.93. The van der Waals surface area contributed by atoms with Crippen molar-refractivity contribution in [2.75, 3.05) is 18.4 Å². The smallest absolute Gasteiger partial charge is 0.237 e. The average Bonchev–Trinajstić information content (AvgIpc) is 3.33. The van der Waals surface area contributed by atoms with Crippen molar-refractivity contribution in [1.82, 2.24) is 20.6 Å². The zero-order valence-electron chi connectivity index (χ0n) is 22.4. The number of aromatic amines is 1. The van der Waals surface area contributed by atoms with Crippen LogP contribution in [0.25, 0.3) is 21.8 Å². The van der Waals surface area contributed by atoms with Gasteiger partial charge in [-0.3, -0.25) is 15.1 Å². The van der Waals surface area contributed by atoms with Crippen molar-refractivity contribution >= 4 is 33.4 Å². The first kappa shape index (κ1) is 24.9. The molecule has 6 rings (SSSR count). The molecule has 38 heavy (non-hydrogen) atoms. The molecule has 6 heteroatoms. The Labute approximate surface area is 225 Å². The van der Waals surface area contributed by atoms with Gasteiger partial charge in [-0.25, -0.2) is 0 Å². The predicted octanol–water partition coefficient (Wildman–Crippen LogP) is 5.96. The SMILES string of the molecule is CC1N[C@H](C(=O)NCCCCCCNc2c3c(nc4ccccc24)CCCC3)Cc2c1[nH]c1ccccc21. The number of carbonyl (C=O) groups is 1. The van der Waals surface area contributed by atoms with Gasteiger partial charge in [0.15, 0.2) is 0 Å². The third kappa shape index (κ3) is 5.02. The van der Waals surface area contributed by atoms with Crippen molar-refractivity contribution in [3.8, 4) is 0 Å². The summed E-state index contributed by atoms with van der Waals surface area (Å²) in [7, 11) is 0. The van der Waals surface area contributed by atoms with Crippen molar-refractivity contribution < 1.29 is 4.79 Å². The number of amides is 1. The van der Waals surface area contributed by atoms with E-state index in [1.54, 1.807) is 0 Å². The molecule has 1 amide bonds. The number of carbonyl (C=O) groups excluding carboxylic acids is 1. The monoisotopic (exact) mass is 509 g/mol. The Kier molecular flexibility index (Phi) is 7.32. The molecular weight excluding hydrogens is 470 g/mol. The largest absolute Gasteiger partial charge is 0.384 e. The van der Waals surface area contributed by atoms with E-state index in [1.807, 2.05) is 0 Å². The second kappa shape index (κ2) is 11.2. The van der Waals surface area contributed by atoms with Gasteiger partial charge >= 0.3 is 0 Å². The number of benzene rings is 2. The van der Waals surface area contributed by atoms with Crippen LogP contribution in [0.2, 0.25) is 0 Å². The van der Waals surface area contributed by atoms with E-state index >= 15 is 0 Å². The summed E-state index contributed by atoms with van der Waals surface area (Å²) in [5.41, 5.74) is 8.78. The van der Waals surface area contributed by atoms with E-state index in [0.29, 0.717) is 0 Å². The summed E-state index contributed by atoms with van der Waals surface area (Å²) in [4.78, 5) is 21.4. The molecule has 198 valence electrons. The number of anilines is 1. The van der Waals surface area contributed by atoms with Crippen LogP contribution in [0.15, 0.2) is 48.5 Å². The van der Waals surface area contributed by atoms with Gasteiger partial charge in [0.1, 0.15) is 0 Å². The minimum Gasteiger partial charge on any atom is -0.384 e. The Morgan fingerprint density at radius 1 is 0.921 bits per heavy atom. The summed E-state index contributed by atoms with van der Waals surface area (Å²) in [6.45, 7) is 3.85. The first-order valence-electron chi connectivity index (χ1n) is 14.5. The number of pyridine rings is 1.